The maximum absolute atomic E-state index is 14.1. The average Bonchev–Trinajstić information content (AvgIpc) is 3.22. The summed E-state index contributed by atoms with van der Waals surface area (Å²) in [5.41, 5.74) is -4.95. The lowest BCUT2D eigenvalue weighted by Gasteiger charge is -2.43. The van der Waals surface area contributed by atoms with Gasteiger partial charge in [-0.2, -0.15) is 0 Å². The summed E-state index contributed by atoms with van der Waals surface area (Å²) in [7, 11) is 1.31. The van der Waals surface area contributed by atoms with Crippen molar-refractivity contribution >= 4 is 23.3 Å². The quantitative estimate of drug-likeness (QED) is 0.105. The van der Waals surface area contributed by atoms with Crippen molar-refractivity contribution in [3.63, 3.8) is 0 Å². The van der Waals surface area contributed by atoms with E-state index in [1.807, 2.05) is 0 Å². The van der Waals surface area contributed by atoms with Gasteiger partial charge in [-0.3, -0.25) is 19.2 Å². The van der Waals surface area contributed by atoms with Crippen LogP contribution < -0.4 is 10.1 Å². The van der Waals surface area contributed by atoms with Gasteiger partial charge in [0.15, 0.2) is 24.1 Å². The van der Waals surface area contributed by atoms with Crippen LogP contribution in [-0.2, 0) is 25.5 Å². The maximum Gasteiger partial charge on any atom is 0.221 e. The number of Topliss-reactive ketones (excluding diaryl/α,β-unsaturated/α-hetero) is 1. The molecule has 1 saturated heterocycles. The number of hydrogen-bond acceptors (Lipinski definition) is 14. The van der Waals surface area contributed by atoms with E-state index in [0.29, 0.717) is 19.3 Å². The lowest BCUT2D eigenvalue weighted by molar-refractivity contribution is -0.249. The number of methoxy groups -OCH3 is 1. The highest BCUT2D eigenvalue weighted by Gasteiger charge is 2.51. The Morgan fingerprint density at radius 1 is 0.887 bits per heavy atom. The SMILES string of the molecule is COc1cccc2c1C(=O)c1c(O)c3c(c(O)c1C2=O)C[C@@](O)(C(=O)CO)C[C@@H]3O[C@H]1CC(NC(=O)CC2(C(O)O)CCCCCCCCC(C)(C)CCCCC2)[C@H](O)C(C)O1. The first kappa shape index (κ1) is 47.5. The number of carbonyl (C=O) groups is 4. The molecule has 2 aromatic rings. The summed E-state index contributed by atoms with van der Waals surface area (Å²) in [5.74, 6) is -4.58. The van der Waals surface area contributed by atoms with Gasteiger partial charge >= 0.3 is 0 Å². The van der Waals surface area contributed by atoms with Gasteiger partial charge in [-0.1, -0.05) is 83.8 Å². The van der Waals surface area contributed by atoms with E-state index in [4.69, 9.17) is 14.2 Å². The Bertz CT molecular complexity index is 2000. The topological polar surface area (TPSA) is 250 Å². The fourth-order valence-corrected chi connectivity index (χ4v) is 10.3. The van der Waals surface area contributed by atoms with E-state index in [-0.39, 0.29) is 46.3 Å². The largest absolute Gasteiger partial charge is 0.507 e. The Labute approximate surface area is 362 Å². The number of amides is 1. The summed E-state index contributed by atoms with van der Waals surface area (Å²) >= 11 is 0. The Morgan fingerprint density at radius 3 is 2.10 bits per heavy atom. The predicted molar refractivity (Wildman–Crippen MR) is 225 cm³/mol. The van der Waals surface area contributed by atoms with Crippen LogP contribution in [0.4, 0.5) is 0 Å². The highest BCUT2D eigenvalue weighted by Crippen LogP contribution is 2.53. The maximum atomic E-state index is 14.1. The fraction of sp³-hybridized carbons (Fsp3) is 0.660. The number of rotatable bonds is 9. The minimum atomic E-state index is -2.36. The van der Waals surface area contributed by atoms with Gasteiger partial charge in [0.2, 0.25) is 11.7 Å². The van der Waals surface area contributed by atoms with Crippen LogP contribution in [0.25, 0.3) is 0 Å². The summed E-state index contributed by atoms with van der Waals surface area (Å²) in [5, 5.41) is 81.0. The summed E-state index contributed by atoms with van der Waals surface area (Å²) in [4.78, 5) is 55.0. The number of ketones is 3. The summed E-state index contributed by atoms with van der Waals surface area (Å²) < 4.78 is 17.7. The van der Waals surface area contributed by atoms with Crippen LogP contribution in [0.3, 0.4) is 0 Å². The van der Waals surface area contributed by atoms with Crippen LogP contribution in [0.15, 0.2) is 18.2 Å². The summed E-state index contributed by atoms with van der Waals surface area (Å²) in [6, 6.07) is 3.35. The minimum Gasteiger partial charge on any atom is -0.507 e. The van der Waals surface area contributed by atoms with Crippen LogP contribution in [0.1, 0.15) is 173 Å². The number of ether oxygens (including phenoxy) is 3. The Balaban J connectivity index is 1.26. The van der Waals surface area contributed by atoms with Crippen molar-refractivity contribution < 1.29 is 69.1 Å². The molecular weight excluding hydrogens is 803 g/mol. The van der Waals surface area contributed by atoms with E-state index in [0.717, 1.165) is 51.4 Å². The van der Waals surface area contributed by atoms with Crippen molar-refractivity contribution in [2.24, 2.45) is 10.8 Å². The smallest absolute Gasteiger partial charge is 0.221 e. The molecule has 8 N–H and O–H groups in total. The lowest BCUT2D eigenvalue weighted by atomic mass is 9.72. The third-order valence-electron chi connectivity index (χ3n) is 14.0. The van der Waals surface area contributed by atoms with E-state index in [9.17, 15) is 54.9 Å². The molecule has 1 amide bonds. The normalized spacial score (nSPS) is 29.7. The first-order valence-corrected chi connectivity index (χ1v) is 22.2. The summed E-state index contributed by atoms with van der Waals surface area (Å²) in [6.45, 7) is 5.07. The van der Waals surface area contributed by atoms with Crippen molar-refractivity contribution in [3.05, 3.63) is 51.6 Å². The molecular formula is C47H65NO14. The molecule has 4 aliphatic rings. The number of aromatic hydroxyl groups is 2. The number of phenols is 2. The summed E-state index contributed by atoms with van der Waals surface area (Å²) in [6.07, 6.45) is 3.49. The zero-order chi connectivity index (χ0) is 45.1. The Morgan fingerprint density at radius 2 is 1.48 bits per heavy atom. The average molecular weight is 868 g/mol. The second kappa shape index (κ2) is 19.4. The van der Waals surface area contributed by atoms with E-state index >= 15 is 0 Å². The molecule has 1 heterocycles. The van der Waals surface area contributed by atoms with Gasteiger partial charge in [-0.15, -0.1) is 0 Å². The molecule has 2 fully saturated rings. The number of aliphatic hydroxyl groups is 5. The second-order valence-electron chi connectivity index (χ2n) is 18.9. The van der Waals surface area contributed by atoms with Crippen molar-refractivity contribution in [2.75, 3.05) is 13.7 Å². The van der Waals surface area contributed by atoms with Gasteiger partial charge in [-0.25, -0.2) is 0 Å². The van der Waals surface area contributed by atoms with Crippen molar-refractivity contribution in [1.82, 2.24) is 5.32 Å². The molecule has 1 aliphatic heterocycles. The zero-order valence-corrected chi connectivity index (χ0v) is 36.4. The van der Waals surface area contributed by atoms with Crippen molar-refractivity contribution in [2.45, 2.75) is 172 Å². The van der Waals surface area contributed by atoms with E-state index < -0.39 is 113 Å². The van der Waals surface area contributed by atoms with E-state index in [1.54, 1.807) is 6.92 Å². The molecule has 3 unspecified atom stereocenters. The number of aliphatic hydroxyl groups excluding tert-OH is 3. The van der Waals surface area contributed by atoms with Crippen LogP contribution in [-0.4, -0.2) is 109 Å². The van der Waals surface area contributed by atoms with Gasteiger partial charge in [0.25, 0.3) is 0 Å². The third-order valence-corrected chi connectivity index (χ3v) is 14.0. The highest BCUT2D eigenvalue weighted by atomic mass is 16.7. The van der Waals surface area contributed by atoms with Crippen LogP contribution in [0.2, 0.25) is 0 Å². The number of benzene rings is 2. The monoisotopic (exact) mass is 867 g/mol. The molecule has 62 heavy (non-hydrogen) atoms. The van der Waals surface area contributed by atoms with E-state index in [1.165, 1.54) is 38.2 Å². The van der Waals surface area contributed by atoms with Crippen molar-refractivity contribution in [3.8, 4) is 17.2 Å². The number of fused-ring (bicyclic) bond motifs is 3. The molecule has 3 aliphatic carbocycles. The number of phenolic OH excluding ortho intramolecular Hbond substituents is 2. The molecule has 15 heteroatoms. The Hall–Kier alpha value is -3.96. The van der Waals surface area contributed by atoms with Gasteiger partial charge in [-0.05, 0) is 44.1 Å². The first-order valence-electron chi connectivity index (χ1n) is 22.2. The zero-order valence-electron chi connectivity index (χ0n) is 36.4. The van der Waals surface area contributed by atoms with Crippen LogP contribution >= 0.6 is 0 Å². The number of hydrogen-bond donors (Lipinski definition) is 8. The molecule has 6 rings (SSSR count). The molecule has 342 valence electrons. The van der Waals surface area contributed by atoms with Crippen LogP contribution in [0.5, 0.6) is 17.2 Å². The van der Waals surface area contributed by atoms with Gasteiger partial charge in [0.1, 0.15) is 35.6 Å². The molecule has 0 radical (unpaired) electrons. The third kappa shape index (κ3) is 9.74. The number of nitrogens with one attached hydrogen (secondary N) is 1. The molecule has 0 bridgehead atoms. The minimum absolute atomic E-state index is 0.0612. The molecule has 2 aromatic carbocycles. The molecule has 1 saturated carbocycles. The number of carbonyl (C=O) groups excluding carboxylic acids is 4. The van der Waals surface area contributed by atoms with E-state index in [2.05, 4.69) is 19.2 Å². The Kier molecular flexibility index (Phi) is 14.9. The fourth-order valence-electron chi connectivity index (χ4n) is 10.3. The first-order chi connectivity index (χ1) is 29.4. The van der Waals surface area contributed by atoms with Gasteiger partial charge < -0.3 is 55.3 Å². The molecule has 0 aromatic heterocycles. The predicted octanol–water partition coefficient (Wildman–Crippen LogP) is 4.96. The lowest BCUT2D eigenvalue weighted by Crippen LogP contribution is -2.56. The second-order valence-corrected chi connectivity index (χ2v) is 18.9. The highest BCUT2D eigenvalue weighted by molar-refractivity contribution is 6.31. The van der Waals surface area contributed by atoms with Gasteiger partial charge in [0, 0.05) is 47.8 Å². The standard InChI is InChI=1S/C47H65NO14/c1-26-39(52)29(48-33(51)24-46(44(57)58)19-12-8-6-5-7-10-17-45(2,3)18-11-9-13-20-46)21-34(61-26)62-31-23-47(59,32(50)25-49)22-28-36(31)43(56)38-37(41(28)54)40(53)27-15-14-16-30(60-4)35(27)42(38)55/h14-16,26,29,31,34,39,44,49,52,54,56-59H,5-13,17-25H2,1-4H3,(H,48,51)/t26?,29?,31-,34-,39+,46?,47-/m0/s1. The molecule has 0 spiro atoms. The molecule has 15 nitrogen and oxygen atoms in total. The van der Waals surface area contributed by atoms with Crippen LogP contribution in [0, 0.1) is 10.8 Å². The molecule has 7 atom stereocenters. The van der Waals surface area contributed by atoms with Gasteiger partial charge in [0.05, 0.1) is 42.0 Å². The van der Waals surface area contributed by atoms with Crippen molar-refractivity contribution in [1.29, 1.82) is 0 Å².